The van der Waals surface area contributed by atoms with Crippen LogP contribution in [0, 0.1) is 5.82 Å². The minimum atomic E-state index is -0.848. The highest BCUT2D eigenvalue weighted by Gasteiger charge is 2.28. The van der Waals surface area contributed by atoms with E-state index in [1.54, 1.807) is 52.1 Å². The molecular formula is C25H30ClFN2O7. The number of benzene rings is 2. The molecule has 11 heteroatoms. The minimum absolute atomic E-state index is 0.0389. The molecule has 196 valence electrons. The van der Waals surface area contributed by atoms with Crippen LogP contribution in [0.1, 0.15) is 37.9 Å². The smallest absolute Gasteiger partial charge is 0.325 e. The maximum atomic E-state index is 14.4. The number of nitrogens with one attached hydrogen (secondary N) is 1. The van der Waals surface area contributed by atoms with Gasteiger partial charge < -0.3 is 29.2 Å². The van der Waals surface area contributed by atoms with Crippen molar-refractivity contribution in [3.63, 3.8) is 0 Å². The molecule has 9 nitrogen and oxygen atoms in total. The third-order valence-corrected chi connectivity index (χ3v) is 5.45. The first kappa shape index (κ1) is 28.7. The Balaban J connectivity index is 2.33. The molecule has 0 saturated heterocycles. The van der Waals surface area contributed by atoms with Crippen molar-refractivity contribution in [3.05, 3.63) is 58.4 Å². The van der Waals surface area contributed by atoms with Crippen LogP contribution in [0.25, 0.3) is 0 Å². The van der Waals surface area contributed by atoms with Crippen LogP contribution < -0.4 is 14.8 Å². The normalized spacial score (nSPS) is 11.3. The first-order valence-electron chi connectivity index (χ1n) is 11.3. The van der Waals surface area contributed by atoms with Gasteiger partial charge in [0, 0.05) is 5.56 Å². The van der Waals surface area contributed by atoms with Crippen LogP contribution in [0.3, 0.4) is 0 Å². The summed E-state index contributed by atoms with van der Waals surface area (Å²) in [7, 11) is 1.55. The first-order valence-corrected chi connectivity index (χ1v) is 11.7. The Morgan fingerprint density at radius 1 is 1.03 bits per heavy atom. The molecule has 0 fully saturated rings. The summed E-state index contributed by atoms with van der Waals surface area (Å²) < 4.78 is 35.2. The number of esters is 2. The predicted molar refractivity (Wildman–Crippen MR) is 131 cm³/mol. The van der Waals surface area contributed by atoms with E-state index in [9.17, 15) is 18.8 Å². The fraction of sp³-hybridized carbons (Fsp3) is 0.400. The number of halogens is 2. The molecular weight excluding hydrogens is 495 g/mol. The zero-order valence-corrected chi connectivity index (χ0v) is 21.4. The van der Waals surface area contributed by atoms with Crippen molar-refractivity contribution >= 4 is 29.6 Å². The summed E-state index contributed by atoms with van der Waals surface area (Å²) in [6.07, 6.45) is 0. The van der Waals surface area contributed by atoms with Gasteiger partial charge in [-0.1, -0.05) is 11.6 Å². The average Bonchev–Trinajstić information content (AvgIpc) is 2.85. The van der Waals surface area contributed by atoms with E-state index < -0.39 is 42.9 Å². The fourth-order valence-corrected chi connectivity index (χ4v) is 3.60. The number of urea groups is 1. The van der Waals surface area contributed by atoms with E-state index in [1.165, 1.54) is 6.07 Å². The van der Waals surface area contributed by atoms with Gasteiger partial charge in [-0.05, 0) is 62.7 Å². The summed E-state index contributed by atoms with van der Waals surface area (Å²) in [5, 5.41) is 2.51. The number of amides is 2. The zero-order valence-electron chi connectivity index (χ0n) is 20.6. The lowest BCUT2D eigenvalue weighted by Crippen LogP contribution is -2.46. The van der Waals surface area contributed by atoms with Crippen molar-refractivity contribution in [1.29, 1.82) is 0 Å². The highest BCUT2D eigenvalue weighted by Crippen LogP contribution is 2.31. The second-order valence-corrected chi connectivity index (χ2v) is 7.90. The quantitative estimate of drug-likeness (QED) is 0.414. The van der Waals surface area contributed by atoms with Crippen molar-refractivity contribution in [2.45, 2.75) is 33.4 Å². The molecule has 2 aromatic carbocycles. The van der Waals surface area contributed by atoms with E-state index in [0.29, 0.717) is 22.6 Å². The van der Waals surface area contributed by atoms with Crippen LogP contribution >= 0.6 is 11.6 Å². The molecule has 0 unspecified atom stereocenters. The molecule has 2 aromatic rings. The highest BCUT2D eigenvalue weighted by atomic mass is 35.5. The van der Waals surface area contributed by atoms with Crippen molar-refractivity contribution < 1.29 is 37.7 Å². The Kier molecular flexibility index (Phi) is 11.3. The summed E-state index contributed by atoms with van der Waals surface area (Å²) in [4.78, 5) is 38.0. The van der Waals surface area contributed by atoms with E-state index in [2.05, 4.69) is 5.32 Å². The molecule has 0 saturated carbocycles. The molecule has 0 aromatic heterocycles. The largest absolute Gasteiger partial charge is 0.497 e. The summed E-state index contributed by atoms with van der Waals surface area (Å²) in [5.41, 5.74) is 0.748. The number of hydrogen-bond acceptors (Lipinski definition) is 7. The summed E-state index contributed by atoms with van der Waals surface area (Å²) in [5.74, 6) is -0.769. The van der Waals surface area contributed by atoms with Gasteiger partial charge in [-0.3, -0.25) is 9.59 Å². The Morgan fingerprint density at radius 3 is 2.25 bits per heavy atom. The van der Waals surface area contributed by atoms with Gasteiger partial charge in [0.2, 0.25) is 0 Å². The molecule has 1 atom stereocenters. The predicted octanol–water partition coefficient (Wildman–Crippen LogP) is 4.27. The number of methoxy groups -OCH3 is 1. The summed E-state index contributed by atoms with van der Waals surface area (Å²) >= 11 is 6.36. The Morgan fingerprint density at radius 2 is 1.64 bits per heavy atom. The van der Waals surface area contributed by atoms with Crippen LogP contribution in [-0.2, 0) is 25.7 Å². The van der Waals surface area contributed by atoms with Gasteiger partial charge in [0.25, 0.3) is 0 Å². The summed E-state index contributed by atoms with van der Waals surface area (Å²) in [6, 6.07) is 7.62. The van der Waals surface area contributed by atoms with Crippen molar-refractivity contribution in [3.8, 4) is 11.5 Å². The number of carbonyl (C=O) groups is 3. The second-order valence-electron chi connectivity index (χ2n) is 7.49. The molecule has 0 heterocycles. The summed E-state index contributed by atoms with van der Waals surface area (Å²) in [6.45, 7) is 4.24. The van der Waals surface area contributed by atoms with Gasteiger partial charge in [-0.25, -0.2) is 9.18 Å². The van der Waals surface area contributed by atoms with Crippen molar-refractivity contribution in [2.24, 2.45) is 0 Å². The molecule has 36 heavy (non-hydrogen) atoms. The number of nitrogens with zero attached hydrogens (tertiary/aromatic N) is 1. The van der Waals surface area contributed by atoms with Crippen molar-refractivity contribution in [1.82, 2.24) is 10.2 Å². The van der Waals surface area contributed by atoms with Gasteiger partial charge in [0.05, 0.1) is 31.4 Å². The number of ether oxygens (including phenoxy) is 4. The van der Waals surface area contributed by atoms with Crippen LogP contribution in [0.2, 0.25) is 5.02 Å². The van der Waals surface area contributed by atoms with Gasteiger partial charge >= 0.3 is 18.0 Å². The third-order valence-electron chi connectivity index (χ3n) is 5.11. The third kappa shape index (κ3) is 8.30. The van der Waals surface area contributed by atoms with Gasteiger partial charge in [0.15, 0.2) is 0 Å². The Bertz CT molecular complexity index is 1050. The lowest BCUT2D eigenvalue weighted by molar-refractivity contribution is -0.144. The number of hydrogen-bond donors (Lipinski definition) is 1. The molecule has 0 spiro atoms. The van der Waals surface area contributed by atoms with Crippen LogP contribution in [-0.4, -0.2) is 56.3 Å². The maximum absolute atomic E-state index is 14.4. The maximum Gasteiger partial charge on any atom is 0.325 e. The number of carbonyl (C=O) groups excluding carboxylic acids is 3. The van der Waals surface area contributed by atoms with E-state index in [4.69, 9.17) is 30.5 Å². The lowest BCUT2D eigenvalue weighted by Gasteiger charge is -2.30. The molecule has 0 aliphatic carbocycles. The van der Waals surface area contributed by atoms with Gasteiger partial charge in [0.1, 0.15) is 37.0 Å². The monoisotopic (exact) mass is 524 g/mol. The van der Waals surface area contributed by atoms with Crippen LogP contribution in [0.5, 0.6) is 11.5 Å². The topological polar surface area (TPSA) is 103 Å². The standard InChI is InChI=1S/C25H30ClFN2O7/c1-5-34-23(30)13-28-25(32)29(14-24(31)35-6-2)16(3)20-11-17(27)12-22(26)21(20)15-36-19-9-7-18(33-4)8-10-19/h7-12,16H,5-6,13-15H2,1-4H3,(H,28,32)/t16-/m0/s1. The first-order chi connectivity index (χ1) is 17.2. The minimum Gasteiger partial charge on any atom is -0.497 e. The van der Waals surface area contributed by atoms with Gasteiger partial charge in [-0.15, -0.1) is 0 Å². The number of rotatable bonds is 12. The average molecular weight is 525 g/mol. The van der Waals surface area contributed by atoms with E-state index >= 15 is 0 Å². The zero-order chi connectivity index (χ0) is 26.7. The Labute approximate surface area is 214 Å². The molecule has 0 bridgehead atoms. The Hall–Kier alpha value is -3.53. The van der Waals surface area contributed by atoms with E-state index in [0.717, 1.165) is 11.0 Å². The van der Waals surface area contributed by atoms with Crippen LogP contribution in [0.15, 0.2) is 36.4 Å². The van der Waals surface area contributed by atoms with Crippen molar-refractivity contribution in [2.75, 3.05) is 33.4 Å². The highest BCUT2D eigenvalue weighted by molar-refractivity contribution is 6.31. The molecule has 0 aliphatic rings. The molecule has 1 N–H and O–H groups in total. The molecule has 0 radical (unpaired) electrons. The second kappa shape index (κ2) is 14.1. The lowest BCUT2D eigenvalue weighted by atomic mass is 10.00. The fourth-order valence-electron chi connectivity index (χ4n) is 3.34. The van der Waals surface area contributed by atoms with E-state index in [1.807, 2.05) is 0 Å². The van der Waals surface area contributed by atoms with Gasteiger partial charge in [-0.2, -0.15) is 0 Å². The molecule has 2 rings (SSSR count). The van der Waals surface area contributed by atoms with E-state index in [-0.39, 0.29) is 24.8 Å². The van der Waals surface area contributed by atoms with Crippen LogP contribution in [0.4, 0.5) is 9.18 Å². The SMILES string of the molecule is CCOC(=O)CNC(=O)N(CC(=O)OCC)[C@@H](C)c1cc(F)cc(Cl)c1COc1ccc(OC)cc1. The molecule has 2 amide bonds. The molecule has 0 aliphatic heterocycles.